The summed E-state index contributed by atoms with van der Waals surface area (Å²) in [5.41, 5.74) is 0.408. The molecule has 21 heavy (non-hydrogen) atoms. The second-order valence-corrected chi connectivity index (χ2v) is 5.60. The Morgan fingerprint density at radius 1 is 1.24 bits per heavy atom. The fourth-order valence-corrected chi connectivity index (χ4v) is 2.84. The monoisotopic (exact) mass is 297 g/mol. The third-order valence-corrected chi connectivity index (χ3v) is 4.00. The minimum absolute atomic E-state index is 0.455. The fraction of sp³-hybridized carbons (Fsp3) is 0.533. The van der Waals surface area contributed by atoms with Gasteiger partial charge in [0.1, 0.15) is 5.82 Å². The summed E-state index contributed by atoms with van der Waals surface area (Å²) in [6, 6.07) is 4.13. The lowest BCUT2D eigenvalue weighted by molar-refractivity contribution is -0.137. The first-order valence-electron chi connectivity index (χ1n) is 7.31. The molecule has 0 spiro atoms. The summed E-state index contributed by atoms with van der Waals surface area (Å²) in [6.07, 6.45) is 1.04. The minimum Gasteiger partial charge on any atom is -0.342 e. The topological polar surface area (TPSA) is 40.7 Å². The second-order valence-electron chi connectivity index (χ2n) is 5.60. The van der Waals surface area contributed by atoms with Crippen LogP contribution in [0.4, 0.5) is 13.2 Å². The van der Waals surface area contributed by atoms with Crippen molar-refractivity contribution in [2.75, 3.05) is 6.54 Å². The van der Waals surface area contributed by atoms with Crippen molar-refractivity contribution in [3.63, 3.8) is 0 Å². The van der Waals surface area contributed by atoms with Crippen molar-refractivity contribution in [2.24, 2.45) is 0 Å². The number of nitrogens with one attached hydrogen (secondary N) is 2. The van der Waals surface area contributed by atoms with E-state index in [0.29, 0.717) is 17.1 Å². The van der Waals surface area contributed by atoms with Crippen molar-refractivity contribution >= 4 is 11.0 Å². The summed E-state index contributed by atoms with van der Waals surface area (Å²) in [7, 11) is 0. The average molecular weight is 297 g/mol. The molecule has 1 atom stereocenters. The molecule has 6 heteroatoms. The molecule has 0 saturated carbocycles. The van der Waals surface area contributed by atoms with E-state index in [0.717, 1.165) is 37.3 Å². The molecule has 1 saturated heterocycles. The Labute approximate surface area is 121 Å². The van der Waals surface area contributed by atoms with Crippen LogP contribution in [-0.4, -0.2) is 22.6 Å². The van der Waals surface area contributed by atoms with Crippen molar-refractivity contribution in [2.45, 2.75) is 44.3 Å². The number of H-pyrrole nitrogens is 1. The largest absolute Gasteiger partial charge is 0.416 e. The molecule has 2 N–H and O–H groups in total. The molecule has 3 rings (SSSR count). The average Bonchev–Trinajstić information content (AvgIpc) is 2.87. The Hall–Kier alpha value is -1.56. The Morgan fingerprint density at radius 3 is 2.81 bits per heavy atom. The SMILES string of the molecule is FC(F)(F)c1ccc2nc(CCC3CCCCN3)[nH]c2c1. The molecule has 0 aliphatic carbocycles. The molecule has 3 nitrogen and oxygen atoms in total. The predicted molar refractivity (Wildman–Crippen MR) is 75.1 cm³/mol. The number of hydrogen-bond acceptors (Lipinski definition) is 2. The van der Waals surface area contributed by atoms with Gasteiger partial charge in [-0.3, -0.25) is 0 Å². The van der Waals surface area contributed by atoms with E-state index in [1.54, 1.807) is 0 Å². The van der Waals surface area contributed by atoms with E-state index in [1.807, 2.05) is 0 Å². The quantitative estimate of drug-likeness (QED) is 0.907. The number of fused-ring (bicyclic) bond motifs is 1. The molecule has 1 aromatic heterocycles. The van der Waals surface area contributed by atoms with E-state index in [2.05, 4.69) is 15.3 Å². The zero-order chi connectivity index (χ0) is 14.9. The highest BCUT2D eigenvalue weighted by atomic mass is 19.4. The van der Waals surface area contributed by atoms with Gasteiger partial charge in [0.15, 0.2) is 0 Å². The van der Waals surface area contributed by atoms with E-state index in [-0.39, 0.29) is 0 Å². The first-order valence-corrected chi connectivity index (χ1v) is 7.31. The molecule has 114 valence electrons. The first-order chi connectivity index (χ1) is 10.0. The lowest BCUT2D eigenvalue weighted by atomic mass is 10.0. The minimum atomic E-state index is -4.31. The van der Waals surface area contributed by atoms with Crippen molar-refractivity contribution in [3.05, 3.63) is 29.6 Å². The summed E-state index contributed by atoms with van der Waals surface area (Å²) >= 11 is 0. The van der Waals surface area contributed by atoms with E-state index in [9.17, 15) is 13.2 Å². The molecular formula is C15H18F3N3. The van der Waals surface area contributed by atoms with Crippen LogP contribution in [0, 0.1) is 0 Å². The summed E-state index contributed by atoms with van der Waals surface area (Å²) in [4.78, 5) is 7.38. The van der Waals surface area contributed by atoms with Gasteiger partial charge in [-0.05, 0) is 44.0 Å². The van der Waals surface area contributed by atoms with Crippen LogP contribution in [0.3, 0.4) is 0 Å². The maximum atomic E-state index is 12.7. The number of aromatic nitrogens is 2. The van der Waals surface area contributed by atoms with Gasteiger partial charge in [-0.1, -0.05) is 6.42 Å². The smallest absolute Gasteiger partial charge is 0.342 e. The van der Waals surface area contributed by atoms with Crippen molar-refractivity contribution in [1.29, 1.82) is 0 Å². The van der Waals surface area contributed by atoms with Gasteiger partial charge in [0.05, 0.1) is 16.6 Å². The number of aryl methyl sites for hydroxylation is 1. The van der Waals surface area contributed by atoms with Crippen LogP contribution in [0.5, 0.6) is 0 Å². The number of alkyl halides is 3. The number of rotatable bonds is 3. The number of imidazole rings is 1. The summed E-state index contributed by atoms with van der Waals surface area (Å²) in [5.74, 6) is 0.761. The molecule has 0 bridgehead atoms. The standard InChI is InChI=1S/C15H18F3N3/c16-15(17,18)10-4-6-12-13(9-10)21-14(20-12)7-5-11-3-1-2-8-19-11/h4,6,9,11,19H,1-3,5,7-8H2,(H,20,21). The molecule has 2 aromatic rings. The van der Waals surface area contributed by atoms with Crippen LogP contribution in [0.1, 0.15) is 37.1 Å². The van der Waals surface area contributed by atoms with E-state index in [4.69, 9.17) is 0 Å². The Morgan fingerprint density at radius 2 is 2.10 bits per heavy atom. The number of aromatic amines is 1. The zero-order valence-electron chi connectivity index (χ0n) is 11.6. The number of hydrogen-bond donors (Lipinski definition) is 2. The number of halogens is 3. The lowest BCUT2D eigenvalue weighted by Gasteiger charge is -2.22. The maximum Gasteiger partial charge on any atom is 0.416 e. The van der Waals surface area contributed by atoms with Gasteiger partial charge in [-0.25, -0.2) is 4.98 Å². The van der Waals surface area contributed by atoms with Gasteiger partial charge >= 0.3 is 6.18 Å². The molecule has 1 aliphatic rings. The Bertz CT molecular complexity index is 612. The van der Waals surface area contributed by atoms with Crippen molar-refractivity contribution < 1.29 is 13.2 Å². The van der Waals surface area contributed by atoms with E-state index >= 15 is 0 Å². The van der Waals surface area contributed by atoms with Crippen molar-refractivity contribution in [1.82, 2.24) is 15.3 Å². The summed E-state index contributed by atoms with van der Waals surface area (Å²) < 4.78 is 38.0. The number of benzene rings is 1. The molecule has 1 aliphatic heterocycles. The molecule has 1 aromatic carbocycles. The van der Waals surface area contributed by atoms with Crippen LogP contribution < -0.4 is 5.32 Å². The third kappa shape index (κ3) is 3.37. The van der Waals surface area contributed by atoms with Crippen molar-refractivity contribution in [3.8, 4) is 0 Å². The normalized spacial score (nSPS) is 20.0. The summed E-state index contributed by atoms with van der Waals surface area (Å²) in [6.45, 7) is 1.06. The van der Waals surface area contributed by atoms with Crippen LogP contribution >= 0.6 is 0 Å². The van der Waals surface area contributed by atoms with Crippen LogP contribution in [0.2, 0.25) is 0 Å². The molecule has 1 unspecified atom stereocenters. The number of nitrogens with zero attached hydrogens (tertiary/aromatic N) is 1. The predicted octanol–water partition coefficient (Wildman–Crippen LogP) is 3.66. The Kier molecular flexibility index (Phi) is 3.89. The molecular weight excluding hydrogens is 279 g/mol. The molecule has 1 fully saturated rings. The van der Waals surface area contributed by atoms with Gasteiger partial charge in [-0.2, -0.15) is 13.2 Å². The number of piperidine rings is 1. The highest BCUT2D eigenvalue weighted by Gasteiger charge is 2.30. The maximum absolute atomic E-state index is 12.7. The van der Waals surface area contributed by atoms with Crippen LogP contribution in [0.15, 0.2) is 18.2 Å². The van der Waals surface area contributed by atoms with Gasteiger partial charge in [-0.15, -0.1) is 0 Å². The zero-order valence-corrected chi connectivity index (χ0v) is 11.6. The van der Waals surface area contributed by atoms with E-state index < -0.39 is 11.7 Å². The Balaban J connectivity index is 1.71. The highest BCUT2D eigenvalue weighted by molar-refractivity contribution is 5.76. The van der Waals surface area contributed by atoms with Crippen LogP contribution in [-0.2, 0) is 12.6 Å². The van der Waals surface area contributed by atoms with Gasteiger partial charge in [0.2, 0.25) is 0 Å². The third-order valence-electron chi connectivity index (χ3n) is 4.00. The second kappa shape index (κ2) is 5.67. The van der Waals surface area contributed by atoms with Gasteiger partial charge in [0, 0.05) is 12.5 Å². The first kappa shape index (κ1) is 14.4. The van der Waals surface area contributed by atoms with Crippen LogP contribution in [0.25, 0.3) is 11.0 Å². The van der Waals surface area contributed by atoms with Gasteiger partial charge < -0.3 is 10.3 Å². The van der Waals surface area contributed by atoms with E-state index in [1.165, 1.54) is 25.3 Å². The lowest BCUT2D eigenvalue weighted by Crippen LogP contribution is -2.34. The molecule has 2 heterocycles. The molecule has 0 amide bonds. The fourth-order valence-electron chi connectivity index (χ4n) is 2.84. The van der Waals surface area contributed by atoms with Gasteiger partial charge in [0.25, 0.3) is 0 Å². The molecule has 0 radical (unpaired) electrons. The highest BCUT2D eigenvalue weighted by Crippen LogP contribution is 2.30. The summed E-state index contributed by atoms with van der Waals surface area (Å²) in [5, 5.41) is 3.46.